The van der Waals surface area contributed by atoms with Gasteiger partial charge in [-0.05, 0) is 25.0 Å². The van der Waals surface area contributed by atoms with E-state index in [1.807, 2.05) is 24.3 Å². The number of nitrogens with two attached hydrogens (primary N) is 1. The van der Waals surface area contributed by atoms with Crippen LogP contribution in [0.5, 0.6) is 0 Å². The number of carbonyl (C=O) groups excluding carboxylic acids is 1. The van der Waals surface area contributed by atoms with Crippen LogP contribution < -0.4 is 11.1 Å². The molecule has 0 fully saturated rings. The Labute approximate surface area is 142 Å². The zero-order valence-corrected chi connectivity index (χ0v) is 14.9. The van der Waals surface area contributed by atoms with Gasteiger partial charge in [-0.25, -0.2) is 0 Å². The van der Waals surface area contributed by atoms with Crippen LogP contribution in [0.25, 0.3) is 0 Å². The molecular formula is C15H24Cl2N2OS. The van der Waals surface area contributed by atoms with Gasteiger partial charge in [-0.2, -0.15) is 0 Å². The summed E-state index contributed by atoms with van der Waals surface area (Å²) in [5, 5.41) is 3.80. The summed E-state index contributed by atoms with van der Waals surface area (Å²) in [5.74, 6) is 0.766. The summed E-state index contributed by atoms with van der Waals surface area (Å²) in [4.78, 5) is 13.0. The molecule has 3 nitrogen and oxygen atoms in total. The highest BCUT2D eigenvalue weighted by Crippen LogP contribution is 2.27. The minimum atomic E-state index is -0.258. The summed E-state index contributed by atoms with van der Waals surface area (Å²) < 4.78 is 0. The van der Waals surface area contributed by atoms with Crippen LogP contribution in [0.3, 0.4) is 0 Å². The maximum atomic E-state index is 12.0. The van der Waals surface area contributed by atoms with Gasteiger partial charge >= 0.3 is 0 Å². The van der Waals surface area contributed by atoms with Gasteiger partial charge in [-0.3, -0.25) is 4.79 Å². The van der Waals surface area contributed by atoms with Crippen LogP contribution in [0.1, 0.15) is 33.1 Å². The van der Waals surface area contributed by atoms with Gasteiger partial charge in [0, 0.05) is 23.6 Å². The van der Waals surface area contributed by atoms with Crippen molar-refractivity contribution in [1.29, 1.82) is 0 Å². The molecule has 1 rings (SSSR count). The highest BCUT2D eigenvalue weighted by Gasteiger charge is 2.25. The van der Waals surface area contributed by atoms with Crippen molar-refractivity contribution in [3.05, 3.63) is 29.3 Å². The lowest BCUT2D eigenvalue weighted by Gasteiger charge is -2.31. The average Bonchev–Trinajstić information content (AvgIpc) is 2.47. The normalized spacial score (nSPS) is 10.9. The fourth-order valence-electron chi connectivity index (χ4n) is 1.94. The highest BCUT2D eigenvalue weighted by molar-refractivity contribution is 7.99. The van der Waals surface area contributed by atoms with Crippen molar-refractivity contribution in [1.82, 2.24) is 5.32 Å². The molecule has 0 saturated heterocycles. The molecular weight excluding hydrogens is 327 g/mol. The van der Waals surface area contributed by atoms with E-state index in [1.165, 1.54) is 0 Å². The van der Waals surface area contributed by atoms with E-state index in [0.29, 0.717) is 18.7 Å². The molecule has 0 aliphatic heterocycles. The number of hydrogen-bond donors (Lipinski definition) is 2. The van der Waals surface area contributed by atoms with Crippen LogP contribution in [-0.4, -0.2) is 23.7 Å². The Morgan fingerprint density at radius 2 is 1.95 bits per heavy atom. The van der Waals surface area contributed by atoms with E-state index >= 15 is 0 Å². The maximum Gasteiger partial charge on any atom is 0.221 e. The third-order valence-corrected chi connectivity index (χ3v) is 5.09. The Hall–Kier alpha value is -0.420. The molecule has 0 aromatic heterocycles. The van der Waals surface area contributed by atoms with Crippen LogP contribution in [0.4, 0.5) is 0 Å². The first-order valence-corrected chi connectivity index (χ1v) is 8.31. The Morgan fingerprint density at radius 1 is 1.33 bits per heavy atom. The minimum absolute atomic E-state index is 0. The predicted molar refractivity (Wildman–Crippen MR) is 94.6 cm³/mol. The van der Waals surface area contributed by atoms with Crippen LogP contribution in [0.2, 0.25) is 5.02 Å². The summed E-state index contributed by atoms with van der Waals surface area (Å²) in [6.45, 7) is 4.58. The van der Waals surface area contributed by atoms with Crippen LogP contribution in [0.15, 0.2) is 29.2 Å². The zero-order valence-electron chi connectivity index (χ0n) is 12.5. The number of nitrogens with one attached hydrogen (secondary N) is 1. The average molecular weight is 351 g/mol. The number of benzene rings is 1. The van der Waals surface area contributed by atoms with E-state index in [1.54, 1.807) is 11.8 Å². The molecule has 0 aliphatic rings. The van der Waals surface area contributed by atoms with Crippen LogP contribution >= 0.6 is 35.8 Å². The Morgan fingerprint density at radius 3 is 2.48 bits per heavy atom. The van der Waals surface area contributed by atoms with E-state index in [-0.39, 0.29) is 23.9 Å². The van der Waals surface area contributed by atoms with E-state index < -0.39 is 0 Å². The largest absolute Gasteiger partial charge is 0.349 e. The van der Waals surface area contributed by atoms with Crippen molar-refractivity contribution in [2.75, 3.05) is 12.3 Å². The minimum Gasteiger partial charge on any atom is -0.349 e. The number of amides is 1. The standard InChI is InChI=1S/C15H23ClN2OS.ClH/c1-3-15(4-2,11-17)18-14(19)9-10-20-13-8-6-5-7-12(13)16;/h5-8H,3-4,9-11,17H2,1-2H3,(H,18,19);1H. The Balaban J connectivity index is 0.00000400. The molecule has 1 aromatic rings. The highest BCUT2D eigenvalue weighted by atomic mass is 35.5. The third-order valence-electron chi connectivity index (χ3n) is 3.57. The summed E-state index contributed by atoms with van der Waals surface area (Å²) in [5.41, 5.74) is 5.52. The molecule has 3 N–H and O–H groups in total. The van der Waals surface area contributed by atoms with Crippen molar-refractivity contribution < 1.29 is 4.79 Å². The predicted octanol–water partition coefficient (Wildman–Crippen LogP) is 3.88. The molecule has 0 radical (unpaired) electrons. The van der Waals surface area contributed by atoms with Crippen LogP contribution in [0, 0.1) is 0 Å². The van der Waals surface area contributed by atoms with Gasteiger partial charge in [0.15, 0.2) is 0 Å². The second kappa shape index (κ2) is 10.3. The lowest BCUT2D eigenvalue weighted by atomic mass is 9.93. The molecule has 0 spiro atoms. The lowest BCUT2D eigenvalue weighted by Crippen LogP contribution is -2.52. The van der Waals surface area contributed by atoms with Gasteiger partial charge in [0.25, 0.3) is 0 Å². The first-order valence-electron chi connectivity index (χ1n) is 6.95. The van der Waals surface area contributed by atoms with Gasteiger partial charge in [0.1, 0.15) is 0 Å². The van der Waals surface area contributed by atoms with Gasteiger partial charge in [0.05, 0.1) is 10.6 Å². The third kappa shape index (κ3) is 6.47. The monoisotopic (exact) mass is 350 g/mol. The smallest absolute Gasteiger partial charge is 0.221 e. The molecule has 0 heterocycles. The van der Waals surface area contributed by atoms with Gasteiger partial charge < -0.3 is 11.1 Å². The molecule has 0 saturated carbocycles. The second-order valence-corrected chi connectivity index (χ2v) is 6.31. The number of thioether (sulfide) groups is 1. The van der Waals surface area contributed by atoms with Crippen molar-refractivity contribution >= 4 is 41.7 Å². The van der Waals surface area contributed by atoms with Gasteiger partial charge in [-0.15, -0.1) is 24.2 Å². The Kier molecular flexibility index (Phi) is 10.1. The maximum absolute atomic E-state index is 12.0. The number of rotatable bonds is 8. The second-order valence-electron chi connectivity index (χ2n) is 4.77. The van der Waals surface area contributed by atoms with Crippen molar-refractivity contribution in [3.63, 3.8) is 0 Å². The number of hydrogen-bond acceptors (Lipinski definition) is 3. The van der Waals surface area contributed by atoms with Crippen molar-refractivity contribution in [2.45, 2.75) is 43.5 Å². The topological polar surface area (TPSA) is 55.1 Å². The Bertz CT molecular complexity index is 431. The molecule has 0 aliphatic carbocycles. The molecule has 0 bridgehead atoms. The van der Waals surface area contributed by atoms with Crippen molar-refractivity contribution in [2.24, 2.45) is 5.73 Å². The summed E-state index contributed by atoms with van der Waals surface area (Å²) in [6.07, 6.45) is 2.17. The SMILES string of the molecule is CCC(CC)(CN)NC(=O)CCSc1ccccc1Cl.Cl. The van der Waals surface area contributed by atoms with E-state index in [0.717, 1.165) is 22.8 Å². The molecule has 1 aromatic carbocycles. The molecule has 0 atom stereocenters. The van der Waals surface area contributed by atoms with Crippen molar-refractivity contribution in [3.8, 4) is 0 Å². The lowest BCUT2D eigenvalue weighted by molar-refractivity contribution is -0.122. The van der Waals surface area contributed by atoms with E-state index in [4.69, 9.17) is 17.3 Å². The summed E-state index contributed by atoms with van der Waals surface area (Å²) >= 11 is 7.68. The summed E-state index contributed by atoms with van der Waals surface area (Å²) in [7, 11) is 0. The molecule has 120 valence electrons. The molecule has 1 amide bonds. The fourth-order valence-corrected chi connectivity index (χ4v) is 3.13. The van der Waals surface area contributed by atoms with E-state index in [9.17, 15) is 4.79 Å². The first kappa shape index (κ1) is 20.6. The number of halogens is 2. The molecule has 21 heavy (non-hydrogen) atoms. The molecule has 6 heteroatoms. The molecule has 0 unspecified atom stereocenters. The number of carbonyl (C=O) groups is 1. The first-order chi connectivity index (χ1) is 9.56. The van der Waals surface area contributed by atoms with Gasteiger partial charge in [-0.1, -0.05) is 37.6 Å². The van der Waals surface area contributed by atoms with Gasteiger partial charge in [0.2, 0.25) is 5.91 Å². The quantitative estimate of drug-likeness (QED) is 0.699. The summed E-state index contributed by atoms with van der Waals surface area (Å²) in [6, 6.07) is 7.67. The van der Waals surface area contributed by atoms with E-state index in [2.05, 4.69) is 19.2 Å². The van der Waals surface area contributed by atoms with Crippen LogP contribution in [-0.2, 0) is 4.79 Å². The fraction of sp³-hybridized carbons (Fsp3) is 0.533. The zero-order chi connectivity index (χ0) is 15.0.